The molecule has 0 saturated carbocycles. The fraction of sp³-hybridized carbons (Fsp3) is 0.125. The minimum atomic E-state index is -0.710. The molecule has 156 valence electrons. The number of ketones is 1. The summed E-state index contributed by atoms with van der Waals surface area (Å²) in [5, 5.41) is 3.97. The van der Waals surface area contributed by atoms with E-state index in [1.165, 1.54) is 0 Å². The summed E-state index contributed by atoms with van der Waals surface area (Å²) in [5.41, 5.74) is 3.23. The second-order valence-electron chi connectivity index (χ2n) is 7.00. The number of fused-ring (bicyclic) bond motifs is 1. The lowest BCUT2D eigenvalue weighted by molar-refractivity contribution is -0.112. The number of benzene rings is 2. The van der Waals surface area contributed by atoms with E-state index in [1.54, 1.807) is 36.2 Å². The van der Waals surface area contributed by atoms with Crippen LogP contribution in [0.1, 0.15) is 21.6 Å². The van der Waals surface area contributed by atoms with E-state index in [1.807, 2.05) is 48.5 Å². The van der Waals surface area contributed by atoms with Crippen molar-refractivity contribution in [3.8, 4) is 0 Å². The highest BCUT2D eigenvalue weighted by Crippen LogP contribution is 2.26. The first kappa shape index (κ1) is 20.6. The van der Waals surface area contributed by atoms with Gasteiger partial charge in [-0.1, -0.05) is 41.9 Å². The number of anilines is 1. The molecule has 0 unspecified atom stereocenters. The molecule has 1 N–H and O–H groups in total. The number of rotatable bonds is 7. The molecule has 6 nitrogen and oxygen atoms in total. The fourth-order valence-corrected chi connectivity index (χ4v) is 3.56. The molecule has 0 aliphatic carbocycles. The number of aromatic nitrogens is 2. The number of carbonyl (C=O) groups excluding carboxylic acids is 2. The van der Waals surface area contributed by atoms with Crippen LogP contribution in [0.3, 0.4) is 0 Å². The standard InChI is InChI=1S/C24H20ClN3O3/c1-16-22(23(29)24(30)27-19-10-13-26-14-11-19)20-4-2-3-5-21(20)28(16)31-15-12-17-6-8-18(25)9-7-17/h2-11,13-14H,12,15H2,1H3,(H,26,27,30). The summed E-state index contributed by atoms with van der Waals surface area (Å²) in [4.78, 5) is 35.5. The van der Waals surface area contributed by atoms with E-state index in [0.29, 0.717) is 40.4 Å². The van der Waals surface area contributed by atoms with Crippen LogP contribution >= 0.6 is 11.6 Å². The second-order valence-corrected chi connectivity index (χ2v) is 7.44. The van der Waals surface area contributed by atoms with E-state index in [2.05, 4.69) is 10.3 Å². The van der Waals surface area contributed by atoms with Gasteiger partial charge in [0.2, 0.25) is 0 Å². The van der Waals surface area contributed by atoms with E-state index >= 15 is 0 Å². The number of hydrogen-bond donors (Lipinski definition) is 1. The maximum Gasteiger partial charge on any atom is 0.296 e. The van der Waals surface area contributed by atoms with Gasteiger partial charge in [0, 0.05) is 34.9 Å². The minimum Gasteiger partial charge on any atom is -0.413 e. The highest BCUT2D eigenvalue weighted by atomic mass is 35.5. The average molecular weight is 434 g/mol. The van der Waals surface area contributed by atoms with Crippen LogP contribution in [-0.2, 0) is 11.2 Å². The normalized spacial score (nSPS) is 10.8. The SMILES string of the molecule is Cc1c(C(=O)C(=O)Nc2ccncc2)c2ccccc2n1OCCc1ccc(Cl)cc1. The lowest BCUT2D eigenvalue weighted by atomic mass is 10.1. The zero-order valence-corrected chi connectivity index (χ0v) is 17.6. The van der Waals surface area contributed by atoms with Crippen LogP contribution in [0.2, 0.25) is 5.02 Å². The molecule has 2 heterocycles. The number of para-hydroxylation sites is 1. The van der Waals surface area contributed by atoms with E-state index in [0.717, 1.165) is 11.1 Å². The number of nitrogens with zero attached hydrogens (tertiary/aromatic N) is 2. The molecule has 0 fully saturated rings. The largest absolute Gasteiger partial charge is 0.413 e. The quantitative estimate of drug-likeness (QED) is 0.344. The molecule has 31 heavy (non-hydrogen) atoms. The lowest BCUT2D eigenvalue weighted by Crippen LogP contribution is -2.24. The smallest absolute Gasteiger partial charge is 0.296 e. The van der Waals surface area contributed by atoms with Crippen LogP contribution in [0.5, 0.6) is 0 Å². The van der Waals surface area contributed by atoms with E-state index < -0.39 is 11.7 Å². The molecule has 0 radical (unpaired) electrons. The van der Waals surface area contributed by atoms with Crippen molar-refractivity contribution in [2.75, 3.05) is 11.9 Å². The third kappa shape index (κ3) is 4.44. The van der Waals surface area contributed by atoms with Gasteiger partial charge in [0.1, 0.15) is 6.61 Å². The van der Waals surface area contributed by atoms with Crippen molar-refractivity contribution >= 4 is 39.9 Å². The van der Waals surface area contributed by atoms with Crippen molar-refractivity contribution in [3.05, 3.63) is 94.9 Å². The third-order valence-corrected chi connectivity index (χ3v) is 5.21. The molecule has 0 aliphatic rings. The van der Waals surface area contributed by atoms with Crippen molar-refractivity contribution in [1.82, 2.24) is 9.71 Å². The molecule has 0 saturated heterocycles. The summed E-state index contributed by atoms with van der Waals surface area (Å²) in [5.74, 6) is -1.33. The molecule has 1 amide bonds. The Balaban J connectivity index is 1.58. The number of halogens is 1. The molecule has 2 aromatic heterocycles. The molecule has 2 aromatic carbocycles. The Morgan fingerprint density at radius 3 is 2.48 bits per heavy atom. The second kappa shape index (κ2) is 9.02. The summed E-state index contributed by atoms with van der Waals surface area (Å²) in [6.45, 7) is 2.17. The average Bonchev–Trinajstić information content (AvgIpc) is 3.06. The molecule has 0 bridgehead atoms. The summed E-state index contributed by atoms with van der Waals surface area (Å²) in [6.07, 6.45) is 3.77. The zero-order chi connectivity index (χ0) is 21.8. The number of amides is 1. The Labute approximate surface area is 184 Å². The molecule has 4 rings (SSSR count). The molecule has 0 atom stereocenters. The number of nitrogens with one attached hydrogen (secondary N) is 1. The minimum absolute atomic E-state index is 0.327. The summed E-state index contributed by atoms with van der Waals surface area (Å²) < 4.78 is 1.62. The van der Waals surface area contributed by atoms with Gasteiger partial charge in [-0.05, 0) is 42.8 Å². The predicted octanol–water partition coefficient (Wildman–Crippen LogP) is 4.49. The Bertz CT molecular complexity index is 1230. The van der Waals surface area contributed by atoms with Gasteiger partial charge >= 0.3 is 0 Å². The first-order valence-electron chi connectivity index (χ1n) is 9.78. The van der Waals surface area contributed by atoms with E-state index in [9.17, 15) is 9.59 Å². The van der Waals surface area contributed by atoms with Crippen LogP contribution in [0.4, 0.5) is 5.69 Å². The van der Waals surface area contributed by atoms with Gasteiger partial charge in [0.25, 0.3) is 11.7 Å². The maximum atomic E-state index is 13.0. The van der Waals surface area contributed by atoms with Gasteiger partial charge < -0.3 is 10.2 Å². The first-order valence-corrected chi connectivity index (χ1v) is 10.2. The number of hydrogen-bond acceptors (Lipinski definition) is 4. The summed E-state index contributed by atoms with van der Waals surface area (Å²) in [7, 11) is 0. The first-order chi connectivity index (χ1) is 15.0. The highest BCUT2D eigenvalue weighted by molar-refractivity contribution is 6.48. The van der Waals surface area contributed by atoms with Crippen molar-refractivity contribution in [2.24, 2.45) is 0 Å². The molecular weight excluding hydrogens is 414 g/mol. The predicted molar refractivity (Wildman–Crippen MR) is 120 cm³/mol. The molecule has 4 aromatic rings. The topological polar surface area (TPSA) is 73.2 Å². The third-order valence-electron chi connectivity index (χ3n) is 4.95. The Hall–Kier alpha value is -3.64. The molecule has 0 spiro atoms. The van der Waals surface area contributed by atoms with Gasteiger partial charge in [-0.15, -0.1) is 0 Å². The Morgan fingerprint density at radius 2 is 1.74 bits per heavy atom. The molecular formula is C24H20ClN3O3. The molecule has 0 aliphatic heterocycles. The fourth-order valence-electron chi connectivity index (χ4n) is 3.43. The Kier molecular flexibility index (Phi) is 6.00. The van der Waals surface area contributed by atoms with Crippen LogP contribution < -0.4 is 10.2 Å². The monoisotopic (exact) mass is 433 g/mol. The van der Waals surface area contributed by atoms with Gasteiger partial charge in [-0.25, -0.2) is 0 Å². The highest BCUT2D eigenvalue weighted by Gasteiger charge is 2.25. The van der Waals surface area contributed by atoms with Crippen LogP contribution in [0.25, 0.3) is 10.9 Å². The maximum absolute atomic E-state index is 13.0. The number of carbonyl (C=O) groups is 2. The Morgan fingerprint density at radius 1 is 1.03 bits per heavy atom. The van der Waals surface area contributed by atoms with Crippen molar-refractivity contribution in [3.63, 3.8) is 0 Å². The lowest BCUT2D eigenvalue weighted by Gasteiger charge is -2.11. The zero-order valence-electron chi connectivity index (χ0n) is 16.8. The van der Waals surface area contributed by atoms with Crippen LogP contribution in [0.15, 0.2) is 73.1 Å². The van der Waals surface area contributed by atoms with Gasteiger partial charge in [0.15, 0.2) is 0 Å². The van der Waals surface area contributed by atoms with Crippen molar-refractivity contribution in [1.29, 1.82) is 0 Å². The van der Waals surface area contributed by atoms with Crippen LogP contribution in [-0.4, -0.2) is 28.0 Å². The van der Waals surface area contributed by atoms with Gasteiger partial charge in [0.05, 0.1) is 16.8 Å². The van der Waals surface area contributed by atoms with Gasteiger partial charge in [-0.2, -0.15) is 4.73 Å². The summed E-state index contributed by atoms with van der Waals surface area (Å²) >= 11 is 5.93. The number of pyridine rings is 1. The molecule has 7 heteroatoms. The van der Waals surface area contributed by atoms with E-state index in [4.69, 9.17) is 16.4 Å². The van der Waals surface area contributed by atoms with Crippen LogP contribution in [0, 0.1) is 6.92 Å². The van der Waals surface area contributed by atoms with Crippen molar-refractivity contribution in [2.45, 2.75) is 13.3 Å². The van der Waals surface area contributed by atoms with E-state index in [-0.39, 0.29) is 0 Å². The van der Waals surface area contributed by atoms with Crippen molar-refractivity contribution < 1.29 is 14.4 Å². The van der Waals surface area contributed by atoms with Gasteiger partial charge in [-0.3, -0.25) is 14.6 Å². The number of Topliss-reactive ketones (excluding diaryl/α,β-unsaturated/α-hetero) is 1. The summed E-state index contributed by atoms with van der Waals surface area (Å²) in [6, 6.07) is 18.2.